The van der Waals surface area contributed by atoms with E-state index in [2.05, 4.69) is 52.8 Å². The summed E-state index contributed by atoms with van der Waals surface area (Å²) < 4.78 is 1.62. The maximum atomic E-state index is 11.7. The van der Waals surface area contributed by atoms with E-state index in [0.717, 1.165) is 15.5 Å². The number of anilines is 1. The molecule has 1 aliphatic heterocycles. The van der Waals surface area contributed by atoms with Gasteiger partial charge in [0.25, 0.3) is 0 Å². The van der Waals surface area contributed by atoms with Gasteiger partial charge in [-0.15, -0.1) is 0 Å². The van der Waals surface area contributed by atoms with Gasteiger partial charge in [0.2, 0.25) is 0 Å². The molecule has 0 spiro atoms. The molecule has 0 unspecified atom stereocenters. The molecule has 1 heterocycles. The highest BCUT2D eigenvalue weighted by atomic mass is 79.9. The number of aliphatic imine (C=N–C) groups is 1. The lowest BCUT2D eigenvalue weighted by Gasteiger charge is -2.10. The lowest BCUT2D eigenvalue weighted by Crippen LogP contribution is -2.40. The number of nitrogens with zero attached hydrogens (tertiary/aromatic N) is 1. The highest BCUT2D eigenvalue weighted by Gasteiger charge is 2.12. The van der Waals surface area contributed by atoms with Crippen LogP contribution in [0, 0.1) is 0 Å². The molecule has 0 aromatic heterocycles. The monoisotopic (exact) mass is 360 g/mol. The fourth-order valence-electron chi connectivity index (χ4n) is 1.35. The summed E-state index contributed by atoms with van der Waals surface area (Å²) >= 11 is 6.74. The van der Waals surface area contributed by atoms with Crippen LogP contribution in [0.2, 0.25) is 0 Å². The SMILES string of the molecule is O=C(NC1=NCCN1)Nc1c(Br)cccc1Br. The number of carbonyl (C=O) groups excluding carboxylic acids is 1. The van der Waals surface area contributed by atoms with E-state index in [1.165, 1.54) is 0 Å². The van der Waals surface area contributed by atoms with Gasteiger partial charge in [0.05, 0.1) is 12.2 Å². The van der Waals surface area contributed by atoms with Gasteiger partial charge < -0.3 is 10.6 Å². The number of carbonyl (C=O) groups is 1. The van der Waals surface area contributed by atoms with Crippen molar-refractivity contribution in [2.75, 3.05) is 18.4 Å². The smallest absolute Gasteiger partial charge is 0.326 e. The van der Waals surface area contributed by atoms with Crippen molar-refractivity contribution in [3.8, 4) is 0 Å². The van der Waals surface area contributed by atoms with Crippen molar-refractivity contribution in [3.05, 3.63) is 27.1 Å². The molecule has 0 bridgehead atoms. The zero-order chi connectivity index (χ0) is 12.3. The van der Waals surface area contributed by atoms with Gasteiger partial charge in [-0.25, -0.2) is 4.79 Å². The molecule has 0 aliphatic carbocycles. The summed E-state index contributed by atoms with van der Waals surface area (Å²) in [5.41, 5.74) is 0.684. The maximum absolute atomic E-state index is 11.7. The van der Waals surface area contributed by atoms with Gasteiger partial charge in [-0.3, -0.25) is 10.3 Å². The Bertz CT molecular complexity index is 455. The Balaban J connectivity index is 2.02. The molecule has 0 saturated carbocycles. The molecule has 1 aliphatic rings. The van der Waals surface area contributed by atoms with Crippen LogP contribution in [-0.2, 0) is 0 Å². The second-order valence-electron chi connectivity index (χ2n) is 3.33. The molecular weight excluding hydrogens is 352 g/mol. The number of guanidine groups is 1. The van der Waals surface area contributed by atoms with E-state index in [1.807, 2.05) is 18.2 Å². The van der Waals surface area contributed by atoms with Crippen LogP contribution in [0.15, 0.2) is 32.1 Å². The largest absolute Gasteiger partial charge is 0.354 e. The van der Waals surface area contributed by atoms with Crippen LogP contribution in [0.1, 0.15) is 0 Å². The molecule has 17 heavy (non-hydrogen) atoms. The molecule has 3 N–H and O–H groups in total. The van der Waals surface area contributed by atoms with Crippen LogP contribution < -0.4 is 16.0 Å². The van der Waals surface area contributed by atoms with Gasteiger partial charge in [0.15, 0.2) is 5.96 Å². The molecule has 7 heteroatoms. The van der Waals surface area contributed by atoms with E-state index in [9.17, 15) is 4.79 Å². The zero-order valence-corrected chi connectivity index (χ0v) is 11.9. The van der Waals surface area contributed by atoms with Gasteiger partial charge >= 0.3 is 6.03 Å². The standard InChI is InChI=1S/C10H10Br2N4O/c11-6-2-1-3-7(12)8(6)15-10(17)16-9-13-4-5-14-9/h1-3H,4-5H2,(H3,13,14,15,16,17). The Morgan fingerprint density at radius 3 is 2.59 bits per heavy atom. The van der Waals surface area contributed by atoms with Crippen LogP contribution in [0.5, 0.6) is 0 Å². The number of amides is 2. The highest BCUT2D eigenvalue weighted by molar-refractivity contribution is 9.11. The minimum absolute atomic E-state index is 0.328. The molecule has 1 aromatic carbocycles. The van der Waals surface area contributed by atoms with Crippen molar-refractivity contribution in [3.63, 3.8) is 0 Å². The van der Waals surface area contributed by atoms with Gasteiger partial charge in [-0.2, -0.15) is 0 Å². The van der Waals surface area contributed by atoms with Crippen molar-refractivity contribution in [1.29, 1.82) is 0 Å². The third kappa shape index (κ3) is 3.19. The normalized spacial score (nSPS) is 13.9. The molecule has 2 rings (SSSR count). The van der Waals surface area contributed by atoms with E-state index in [1.54, 1.807) is 0 Å². The lowest BCUT2D eigenvalue weighted by atomic mass is 10.3. The molecule has 0 saturated heterocycles. The first kappa shape index (κ1) is 12.4. The summed E-state index contributed by atoms with van der Waals surface area (Å²) in [5.74, 6) is 0.505. The van der Waals surface area contributed by atoms with Crippen LogP contribution in [0.3, 0.4) is 0 Å². The Labute approximate surface area is 115 Å². The summed E-state index contributed by atoms with van der Waals surface area (Å²) in [6, 6.07) is 5.25. The number of nitrogens with one attached hydrogen (secondary N) is 3. The van der Waals surface area contributed by atoms with Crippen LogP contribution in [0.4, 0.5) is 10.5 Å². The van der Waals surface area contributed by atoms with Crippen LogP contribution in [-0.4, -0.2) is 25.1 Å². The molecule has 2 amide bonds. The van der Waals surface area contributed by atoms with Crippen LogP contribution in [0.25, 0.3) is 0 Å². The Hall–Kier alpha value is -1.08. The first-order valence-electron chi connectivity index (χ1n) is 4.97. The number of urea groups is 1. The topological polar surface area (TPSA) is 65.5 Å². The minimum atomic E-state index is -0.328. The minimum Gasteiger partial charge on any atom is -0.354 e. The number of hydrogen-bond donors (Lipinski definition) is 3. The third-order valence-electron chi connectivity index (χ3n) is 2.11. The second-order valence-corrected chi connectivity index (χ2v) is 5.04. The van der Waals surface area contributed by atoms with Gasteiger partial charge in [0.1, 0.15) is 0 Å². The summed E-state index contributed by atoms with van der Waals surface area (Å²) in [4.78, 5) is 15.8. The summed E-state index contributed by atoms with van der Waals surface area (Å²) in [5, 5.41) is 8.33. The number of para-hydroxylation sites is 1. The molecule has 0 radical (unpaired) electrons. The summed E-state index contributed by atoms with van der Waals surface area (Å²) in [7, 11) is 0. The van der Waals surface area contributed by atoms with E-state index in [0.29, 0.717) is 18.2 Å². The van der Waals surface area contributed by atoms with Gasteiger partial charge in [0, 0.05) is 15.5 Å². The maximum Gasteiger partial charge on any atom is 0.326 e. The average Bonchev–Trinajstić information content (AvgIpc) is 2.76. The Kier molecular flexibility index (Phi) is 4.01. The number of hydrogen-bond acceptors (Lipinski definition) is 3. The van der Waals surface area contributed by atoms with E-state index in [4.69, 9.17) is 0 Å². The zero-order valence-electron chi connectivity index (χ0n) is 8.76. The number of benzene rings is 1. The molecule has 90 valence electrons. The number of halogens is 2. The molecule has 1 aromatic rings. The molecule has 5 nitrogen and oxygen atoms in total. The van der Waals surface area contributed by atoms with Gasteiger partial charge in [-0.05, 0) is 44.0 Å². The molecule has 0 fully saturated rings. The van der Waals surface area contributed by atoms with E-state index >= 15 is 0 Å². The number of rotatable bonds is 1. The third-order valence-corrected chi connectivity index (χ3v) is 3.43. The van der Waals surface area contributed by atoms with Crippen molar-refractivity contribution in [2.45, 2.75) is 0 Å². The van der Waals surface area contributed by atoms with Crippen molar-refractivity contribution in [2.24, 2.45) is 4.99 Å². The quantitative estimate of drug-likeness (QED) is 0.718. The van der Waals surface area contributed by atoms with Crippen LogP contribution >= 0.6 is 31.9 Å². The lowest BCUT2D eigenvalue weighted by molar-refractivity contribution is 0.256. The summed E-state index contributed by atoms with van der Waals surface area (Å²) in [6.07, 6.45) is 0. The van der Waals surface area contributed by atoms with Crippen molar-refractivity contribution in [1.82, 2.24) is 10.6 Å². The molecular formula is C10H10Br2N4O. The Morgan fingerprint density at radius 1 is 1.29 bits per heavy atom. The second kappa shape index (κ2) is 5.50. The predicted octanol–water partition coefficient (Wildman–Crippen LogP) is 2.29. The first-order valence-corrected chi connectivity index (χ1v) is 6.56. The average molecular weight is 362 g/mol. The van der Waals surface area contributed by atoms with E-state index in [-0.39, 0.29) is 6.03 Å². The molecule has 0 atom stereocenters. The Morgan fingerprint density at radius 2 is 2.00 bits per heavy atom. The van der Waals surface area contributed by atoms with Crippen molar-refractivity contribution >= 4 is 49.5 Å². The first-order chi connectivity index (χ1) is 8.16. The van der Waals surface area contributed by atoms with Crippen molar-refractivity contribution < 1.29 is 4.79 Å². The highest BCUT2D eigenvalue weighted by Crippen LogP contribution is 2.30. The fourth-order valence-corrected chi connectivity index (χ4v) is 2.55. The van der Waals surface area contributed by atoms with Gasteiger partial charge in [-0.1, -0.05) is 6.07 Å². The fraction of sp³-hybridized carbons (Fsp3) is 0.200. The van der Waals surface area contributed by atoms with E-state index < -0.39 is 0 Å². The summed E-state index contributed by atoms with van der Waals surface area (Å²) in [6.45, 7) is 1.45. The predicted molar refractivity (Wildman–Crippen MR) is 74.3 cm³/mol.